The van der Waals surface area contributed by atoms with Crippen LogP contribution in [0.25, 0.3) is 0 Å². The van der Waals surface area contributed by atoms with Crippen LogP contribution in [-0.4, -0.2) is 17.9 Å². The molecule has 6 nitrogen and oxygen atoms in total. The summed E-state index contributed by atoms with van der Waals surface area (Å²) in [6.07, 6.45) is 0.119. The third kappa shape index (κ3) is 4.23. The molecule has 0 heterocycles. The van der Waals surface area contributed by atoms with E-state index in [1.807, 2.05) is 6.07 Å². The van der Waals surface area contributed by atoms with Gasteiger partial charge in [0, 0.05) is 5.69 Å². The number of primary amides is 1. The van der Waals surface area contributed by atoms with E-state index in [-0.39, 0.29) is 6.42 Å². The minimum absolute atomic E-state index is 0.196. The SMILES string of the molecule is N#CCc1ccc(NC(=O)C(N)CC(N)=O)cc1. The Hall–Kier alpha value is -2.39. The number of anilines is 1. The van der Waals surface area contributed by atoms with Crippen LogP contribution in [0.3, 0.4) is 0 Å². The molecule has 0 aliphatic rings. The van der Waals surface area contributed by atoms with E-state index in [4.69, 9.17) is 16.7 Å². The van der Waals surface area contributed by atoms with E-state index in [0.29, 0.717) is 12.1 Å². The molecule has 1 unspecified atom stereocenters. The third-order valence-electron chi connectivity index (χ3n) is 2.26. The van der Waals surface area contributed by atoms with Crippen molar-refractivity contribution in [3.05, 3.63) is 29.8 Å². The predicted octanol–water partition coefficient (Wildman–Crippen LogP) is -0.106. The number of carbonyl (C=O) groups excluding carboxylic acids is 2. The van der Waals surface area contributed by atoms with E-state index in [0.717, 1.165) is 5.56 Å². The summed E-state index contributed by atoms with van der Waals surface area (Å²) in [5.74, 6) is -1.09. The van der Waals surface area contributed by atoms with Crippen LogP contribution in [0.15, 0.2) is 24.3 Å². The van der Waals surface area contributed by atoms with Gasteiger partial charge >= 0.3 is 0 Å². The van der Waals surface area contributed by atoms with Crippen molar-refractivity contribution in [3.8, 4) is 6.07 Å². The van der Waals surface area contributed by atoms with Gasteiger partial charge in [0.25, 0.3) is 0 Å². The Kier molecular flexibility index (Phi) is 4.84. The quantitative estimate of drug-likeness (QED) is 0.671. The van der Waals surface area contributed by atoms with Gasteiger partial charge in [-0.3, -0.25) is 9.59 Å². The monoisotopic (exact) mass is 246 g/mol. The lowest BCUT2D eigenvalue weighted by Gasteiger charge is -2.10. The zero-order valence-electron chi connectivity index (χ0n) is 9.72. The first-order valence-electron chi connectivity index (χ1n) is 5.33. The molecule has 1 atom stereocenters. The Morgan fingerprint density at radius 2 is 1.94 bits per heavy atom. The maximum atomic E-state index is 11.6. The Bertz CT molecular complexity index is 476. The molecule has 1 rings (SSSR count). The largest absolute Gasteiger partial charge is 0.370 e. The second-order valence-electron chi connectivity index (χ2n) is 3.80. The molecule has 94 valence electrons. The summed E-state index contributed by atoms with van der Waals surface area (Å²) >= 11 is 0. The molecule has 0 fully saturated rings. The lowest BCUT2D eigenvalue weighted by atomic mass is 10.1. The summed E-state index contributed by atoms with van der Waals surface area (Å²) in [6, 6.07) is 7.87. The first-order valence-corrected chi connectivity index (χ1v) is 5.33. The van der Waals surface area contributed by atoms with Gasteiger partial charge in [0.1, 0.15) is 0 Å². The van der Waals surface area contributed by atoms with Crippen LogP contribution in [0.2, 0.25) is 0 Å². The molecule has 0 saturated heterocycles. The van der Waals surface area contributed by atoms with E-state index in [1.54, 1.807) is 24.3 Å². The Balaban J connectivity index is 2.59. The minimum atomic E-state index is -0.957. The van der Waals surface area contributed by atoms with Gasteiger partial charge in [-0.05, 0) is 17.7 Å². The highest BCUT2D eigenvalue weighted by molar-refractivity contribution is 5.97. The number of hydrogen-bond acceptors (Lipinski definition) is 4. The van der Waals surface area contributed by atoms with Crippen molar-refractivity contribution in [1.82, 2.24) is 0 Å². The summed E-state index contributed by atoms with van der Waals surface area (Å²) in [5.41, 5.74) is 11.9. The molecule has 18 heavy (non-hydrogen) atoms. The summed E-state index contributed by atoms with van der Waals surface area (Å²) in [5, 5.41) is 11.1. The molecule has 0 spiro atoms. The normalized spacial score (nSPS) is 11.3. The molecule has 1 aromatic carbocycles. The summed E-state index contributed by atoms with van der Waals surface area (Å²) < 4.78 is 0. The molecule has 0 aliphatic heterocycles. The van der Waals surface area contributed by atoms with Crippen LogP contribution in [0.4, 0.5) is 5.69 Å². The second kappa shape index (κ2) is 6.37. The molecule has 1 aromatic rings. The van der Waals surface area contributed by atoms with E-state index in [1.165, 1.54) is 0 Å². The van der Waals surface area contributed by atoms with Crippen molar-refractivity contribution in [2.24, 2.45) is 11.5 Å². The Morgan fingerprint density at radius 3 is 2.44 bits per heavy atom. The van der Waals surface area contributed by atoms with Crippen molar-refractivity contribution >= 4 is 17.5 Å². The second-order valence-corrected chi connectivity index (χ2v) is 3.80. The number of carbonyl (C=O) groups is 2. The fraction of sp³-hybridized carbons (Fsp3) is 0.250. The highest BCUT2D eigenvalue weighted by atomic mass is 16.2. The molecule has 2 amide bonds. The number of nitrogens with one attached hydrogen (secondary N) is 1. The van der Waals surface area contributed by atoms with E-state index >= 15 is 0 Å². The van der Waals surface area contributed by atoms with Gasteiger partial charge in [0.15, 0.2) is 0 Å². The Labute approximate surface area is 105 Å². The number of nitrogens with zero attached hydrogens (tertiary/aromatic N) is 1. The van der Waals surface area contributed by atoms with Crippen molar-refractivity contribution in [1.29, 1.82) is 5.26 Å². The zero-order chi connectivity index (χ0) is 13.5. The number of amides is 2. The number of nitrogens with two attached hydrogens (primary N) is 2. The van der Waals surface area contributed by atoms with Crippen molar-refractivity contribution in [2.75, 3.05) is 5.32 Å². The predicted molar refractivity (Wildman–Crippen MR) is 66.2 cm³/mol. The zero-order valence-corrected chi connectivity index (χ0v) is 9.72. The molecule has 0 bridgehead atoms. The van der Waals surface area contributed by atoms with Crippen molar-refractivity contribution in [2.45, 2.75) is 18.9 Å². The molecule has 0 saturated carbocycles. The summed E-state index contributed by atoms with van der Waals surface area (Å²) in [6.45, 7) is 0. The van der Waals surface area contributed by atoms with E-state index in [2.05, 4.69) is 5.32 Å². The molecule has 0 aromatic heterocycles. The van der Waals surface area contributed by atoms with E-state index in [9.17, 15) is 9.59 Å². The molecule has 5 N–H and O–H groups in total. The topological polar surface area (TPSA) is 122 Å². The van der Waals surface area contributed by atoms with Gasteiger partial charge in [-0.15, -0.1) is 0 Å². The standard InChI is InChI=1S/C12H14N4O2/c13-6-5-8-1-3-9(4-2-8)16-12(18)10(14)7-11(15)17/h1-4,10H,5,7,14H2,(H2,15,17)(H,16,18). The van der Waals surface area contributed by atoms with Crippen LogP contribution >= 0.6 is 0 Å². The highest BCUT2D eigenvalue weighted by Gasteiger charge is 2.15. The van der Waals surface area contributed by atoms with Gasteiger partial charge in [-0.1, -0.05) is 12.1 Å². The van der Waals surface area contributed by atoms with Gasteiger partial charge in [0.05, 0.1) is 25.0 Å². The molecule has 0 aliphatic carbocycles. The highest BCUT2D eigenvalue weighted by Crippen LogP contribution is 2.10. The number of hydrogen-bond donors (Lipinski definition) is 3. The summed E-state index contributed by atoms with van der Waals surface area (Å²) in [7, 11) is 0. The molecular weight excluding hydrogens is 232 g/mol. The van der Waals surface area contributed by atoms with Crippen LogP contribution < -0.4 is 16.8 Å². The average molecular weight is 246 g/mol. The summed E-state index contributed by atoms with van der Waals surface area (Å²) in [4.78, 5) is 22.2. The maximum absolute atomic E-state index is 11.6. The van der Waals surface area contributed by atoms with Gasteiger partial charge in [-0.2, -0.15) is 5.26 Å². The van der Waals surface area contributed by atoms with E-state index < -0.39 is 17.9 Å². The smallest absolute Gasteiger partial charge is 0.241 e. The average Bonchev–Trinajstić information content (AvgIpc) is 2.31. The van der Waals surface area contributed by atoms with Gasteiger partial charge in [0.2, 0.25) is 11.8 Å². The molecule has 0 radical (unpaired) electrons. The van der Waals surface area contributed by atoms with Crippen molar-refractivity contribution < 1.29 is 9.59 Å². The lowest BCUT2D eigenvalue weighted by molar-refractivity contribution is -0.123. The van der Waals surface area contributed by atoms with Crippen LogP contribution in [0, 0.1) is 11.3 Å². The maximum Gasteiger partial charge on any atom is 0.241 e. The fourth-order valence-electron chi connectivity index (χ4n) is 1.34. The lowest BCUT2D eigenvalue weighted by Crippen LogP contribution is -2.38. The van der Waals surface area contributed by atoms with Gasteiger partial charge in [-0.25, -0.2) is 0 Å². The first-order chi connectivity index (χ1) is 8.52. The molecular formula is C12H14N4O2. The number of nitriles is 1. The van der Waals surface area contributed by atoms with Gasteiger partial charge < -0.3 is 16.8 Å². The fourth-order valence-corrected chi connectivity index (χ4v) is 1.34. The van der Waals surface area contributed by atoms with Crippen LogP contribution in [0.5, 0.6) is 0 Å². The van der Waals surface area contributed by atoms with Crippen LogP contribution in [0.1, 0.15) is 12.0 Å². The number of rotatable bonds is 5. The minimum Gasteiger partial charge on any atom is -0.370 e. The number of benzene rings is 1. The van der Waals surface area contributed by atoms with Crippen molar-refractivity contribution in [3.63, 3.8) is 0 Å². The first kappa shape index (κ1) is 13.7. The van der Waals surface area contributed by atoms with Crippen LogP contribution in [-0.2, 0) is 16.0 Å². The third-order valence-corrected chi connectivity index (χ3v) is 2.26. The molecule has 6 heteroatoms. The Morgan fingerprint density at radius 1 is 1.33 bits per heavy atom.